The third kappa shape index (κ3) is 12.8. The second kappa shape index (κ2) is 12.8. The van der Waals surface area contributed by atoms with Crippen LogP contribution in [0.2, 0.25) is 0 Å². The van der Waals surface area contributed by atoms with E-state index < -0.39 is 8.60 Å². The van der Waals surface area contributed by atoms with Crippen LogP contribution in [0.25, 0.3) is 0 Å². The first-order chi connectivity index (χ1) is 5.81. The summed E-state index contributed by atoms with van der Waals surface area (Å²) in [7, 11) is -1.60. The molecule has 0 unspecified atom stereocenters. The SMILES string of the molecule is CCCCOP(O)OCCCC.[Ni]. The van der Waals surface area contributed by atoms with Crippen LogP contribution in [0.3, 0.4) is 0 Å². The van der Waals surface area contributed by atoms with Gasteiger partial charge in [-0.25, -0.2) is 0 Å². The summed E-state index contributed by atoms with van der Waals surface area (Å²) in [5, 5.41) is 0. The predicted octanol–water partition coefficient (Wildman–Crippen LogP) is 2.84. The Hall–Kier alpha value is 0.804. The predicted molar refractivity (Wildman–Crippen MR) is 50.9 cm³/mol. The average Bonchev–Trinajstić information content (AvgIpc) is 2.06. The fourth-order valence-electron chi connectivity index (χ4n) is 0.611. The van der Waals surface area contributed by atoms with Crippen LogP contribution in [0.15, 0.2) is 0 Å². The van der Waals surface area contributed by atoms with Crippen LogP contribution < -0.4 is 0 Å². The van der Waals surface area contributed by atoms with E-state index in [0.29, 0.717) is 13.2 Å². The first-order valence-corrected chi connectivity index (χ1v) is 5.69. The molecule has 84 valence electrons. The van der Waals surface area contributed by atoms with Gasteiger partial charge in [-0.2, -0.15) is 0 Å². The summed E-state index contributed by atoms with van der Waals surface area (Å²) in [5.41, 5.74) is 0. The summed E-state index contributed by atoms with van der Waals surface area (Å²) in [4.78, 5) is 9.12. The molecular formula is C8H19NiO3P. The van der Waals surface area contributed by atoms with Crippen LogP contribution in [0.4, 0.5) is 0 Å². The Labute approximate surface area is 92.1 Å². The van der Waals surface area contributed by atoms with Crippen molar-refractivity contribution in [2.75, 3.05) is 13.2 Å². The third-order valence-electron chi connectivity index (χ3n) is 1.40. The Bertz CT molecular complexity index is 85.5. The van der Waals surface area contributed by atoms with Crippen LogP contribution >= 0.6 is 8.60 Å². The minimum atomic E-state index is -1.60. The Morgan fingerprint density at radius 1 is 1.00 bits per heavy atom. The molecule has 0 radical (unpaired) electrons. The molecule has 0 heterocycles. The maximum Gasteiger partial charge on any atom is 0.329 e. The van der Waals surface area contributed by atoms with E-state index in [4.69, 9.17) is 13.9 Å². The van der Waals surface area contributed by atoms with Crippen molar-refractivity contribution in [3.8, 4) is 0 Å². The quantitative estimate of drug-likeness (QED) is 0.410. The largest absolute Gasteiger partial charge is 0.329 e. The van der Waals surface area contributed by atoms with E-state index in [2.05, 4.69) is 13.8 Å². The van der Waals surface area contributed by atoms with Gasteiger partial charge < -0.3 is 13.9 Å². The van der Waals surface area contributed by atoms with Gasteiger partial charge in [0.2, 0.25) is 0 Å². The zero-order chi connectivity index (χ0) is 9.23. The van der Waals surface area contributed by atoms with Crippen molar-refractivity contribution in [2.24, 2.45) is 0 Å². The smallest absolute Gasteiger partial charge is 0.328 e. The molecule has 5 heteroatoms. The molecule has 0 aromatic rings. The van der Waals surface area contributed by atoms with E-state index >= 15 is 0 Å². The molecule has 0 aromatic heterocycles. The molecule has 0 aliphatic heterocycles. The molecular weight excluding hydrogens is 234 g/mol. The maximum absolute atomic E-state index is 9.12. The Kier molecular flexibility index (Phi) is 16.0. The molecule has 0 rings (SSSR count). The molecule has 0 amide bonds. The van der Waals surface area contributed by atoms with E-state index in [-0.39, 0.29) is 16.5 Å². The zero-order valence-electron chi connectivity index (χ0n) is 8.27. The van der Waals surface area contributed by atoms with Crippen LogP contribution in [0.5, 0.6) is 0 Å². The molecule has 1 N–H and O–H groups in total. The third-order valence-corrected chi connectivity index (χ3v) is 2.21. The van der Waals surface area contributed by atoms with Crippen molar-refractivity contribution in [3.05, 3.63) is 0 Å². The minimum absolute atomic E-state index is 0. The van der Waals surface area contributed by atoms with E-state index in [0.717, 1.165) is 25.7 Å². The van der Waals surface area contributed by atoms with Crippen LogP contribution in [0, 0.1) is 0 Å². The van der Waals surface area contributed by atoms with Gasteiger partial charge in [0.1, 0.15) is 0 Å². The molecule has 0 fully saturated rings. The van der Waals surface area contributed by atoms with Crippen molar-refractivity contribution >= 4 is 8.60 Å². The number of hydrogen-bond acceptors (Lipinski definition) is 3. The summed E-state index contributed by atoms with van der Waals surface area (Å²) in [5.74, 6) is 0. The van der Waals surface area contributed by atoms with Gasteiger partial charge in [-0.3, -0.25) is 0 Å². The van der Waals surface area contributed by atoms with Gasteiger partial charge in [0.05, 0.1) is 13.2 Å². The topological polar surface area (TPSA) is 38.7 Å². The summed E-state index contributed by atoms with van der Waals surface area (Å²) >= 11 is 0. The van der Waals surface area contributed by atoms with Crippen LogP contribution in [-0.4, -0.2) is 18.1 Å². The summed E-state index contributed by atoms with van der Waals surface area (Å²) in [6.45, 7) is 5.37. The van der Waals surface area contributed by atoms with Crippen molar-refractivity contribution in [2.45, 2.75) is 39.5 Å². The van der Waals surface area contributed by atoms with Crippen molar-refractivity contribution < 1.29 is 30.4 Å². The van der Waals surface area contributed by atoms with E-state index in [9.17, 15) is 0 Å². The second-order valence-electron chi connectivity index (χ2n) is 2.61. The average molecular weight is 253 g/mol. The molecule has 0 bridgehead atoms. The molecule has 13 heavy (non-hydrogen) atoms. The van der Waals surface area contributed by atoms with Gasteiger partial charge in [-0.15, -0.1) is 0 Å². The fourth-order valence-corrected chi connectivity index (χ4v) is 1.26. The summed E-state index contributed by atoms with van der Waals surface area (Å²) in [6.07, 6.45) is 4.13. The van der Waals surface area contributed by atoms with Gasteiger partial charge >= 0.3 is 8.60 Å². The van der Waals surface area contributed by atoms with E-state index in [1.54, 1.807) is 0 Å². The molecule has 0 saturated carbocycles. The monoisotopic (exact) mass is 252 g/mol. The summed E-state index contributed by atoms with van der Waals surface area (Å²) < 4.78 is 10.1. The van der Waals surface area contributed by atoms with E-state index in [1.807, 2.05) is 0 Å². The Morgan fingerprint density at radius 2 is 1.38 bits per heavy atom. The molecule has 0 aliphatic rings. The maximum atomic E-state index is 9.12. The van der Waals surface area contributed by atoms with Gasteiger partial charge in [0.15, 0.2) is 0 Å². The molecule has 0 saturated heterocycles. The minimum Gasteiger partial charge on any atom is -0.328 e. The number of unbranched alkanes of at least 4 members (excludes halogenated alkanes) is 2. The molecule has 0 atom stereocenters. The van der Waals surface area contributed by atoms with Crippen LogP contribution in [-0.2, 0) is 25.5 Å². The Balaban J connectivity index is 0. The standard InChI is InChI=1S/C8H19O3P.Ni/c1-3-5-7-10-12(9)11-8-6-4-2;/h9H,3-8H2,1-2H3;. The number of hydrogen-bond donors (Lipinski definition) is 1. The Morgan fingerprint density at radius 3 is 1.69 bits per heavy atom. The molecule has 0 spiro atoms. The normalized spacial score (nSPS) is 10.2. The van der Waals surface area contributed by atoms with Crippen LogP contribution in [0.1, 0.15) is 39.5 Å². The first kappa shape index (κ1) is 16.2. The van der Waals surface area contributed by atoms with Crippen molar-refractivity contribution in [1.82, 2.24) is 0 Å². The van der Waals surface area contributed by atoms with E-state index in [1.165, 1.54) is 0 Å². The zero-order valence-corrected chi connectivity index (χ0v) is 10.2. The fraction of sp³-hybridized carbons (Fsp3) is 1.00. The molecule has 0 aromatic carbocycles. The first-order valence-electron chi connectivity index (χ1n) is 4.56. The van der Waals surface area contributed by atoms with Gasteiger partial charge in [-0.05, 0) is 12.8 Å². The van der Waals surface area contributed by atoms with Gasteiger partial charge in [0.25, 0.3) is 0 Å². The molecule has 0 aliphatic carbocycles. The second-order valence-corrected chi connectivity index (χ2v) is 3.60. The van der Waals surface area contributed by atoms with Gasteiger partial charge in [0, 0.05) is 16.5 Å². The van der Waals surface area contributed by atoms with Crippen molar-refractivity contribution in [3.63, 3.8) is 0 Å². The van der Waals surface area contributed by atoms with Gasteiger partial charge in [-0.1, -0.05) is 26.7 Å². The van der Waals surface area contributed by atoms with Crippen molar-refractivity contribution in [1.29, 1.82) is 0 Å². The summed E-state index contributed by atoms with van der Waals surface area (Å²) in [6, 6.07) is 0. The number of rotatable bonds is 8. The molecule has 3 nitrogen and oxygen atoms in total.